The zero-order valence-electron chi connectivity index (χ0n) is 10.6. The average Bonchev–Trinajstić information content (AvgIpc) is 2.41. The molecule has 2 atom stereocenters. The molecule has 0 aromatic heterocycles. The third-order valence-electron chi connectivity index (χ3n) is 3.45. The van der Waals surface area contributed by atoms with Gasteiger partial charge in [0.1, 0.15) is 0 Å². The molecule has 0 radical (unpaired) electrons. The number of benzene rings is 1. The molecule has 1 saturated heterocycles. The maximum Gasteiger partial charge on any atom is 0.0590 e. The predicted octanol–water partition coefficient (Wildman–Crippen LogP) is 2.78. The molecule has 0 saturated carbocycles. The Morgan fingerprint density at radius 2 is 2.11 bits per heavy atom. The van der Waals surface area contributed by atoms with Crippen LogP contribution in [0.4, 0.5) is 0 Å². The standard InChI is InChI=1S/C14H21BrN2O/c15-12-6-4-11(5-7-12)9-13(17-16)10-14-3-1-2-8-18-14/h4-7,13-14,17H,1-3,8-10,16H2. The van der Waals surface area contributed by atoms with Crippen molar-refractivity contribution < 1.29 is 4.74 Å². The van der Waals surface area contributed by atoms with Crippen molar-refractivity contribution in [3.05, 3.63) is 34.3 Å². The highest BCUT2D eigenvalue weighted by atomic mass is 79.9. The van der Waals surface area contributed by atoms with Gasteiger partial charge in [0, 0.05) is 17.1 Å². The van der Waals surface area contributed by atoms with Gasteiger partial charge in [-0.2, -0.15) is 0 Å². The first-order chi connectivity index (χ1) is 8.78. The van der Waals surface area contributed by atoms with E-state index in [-0.39, 0.29) is 6.04 Å². The first-order valence-corrected chi connectivity index (χ1v) is 7.39. The van der Waals surface area contributed by atoms with Crippen LogP contribution in [-0.4, -0.2) is 18.8 Å². The fourth-order valence-corrected chi connectivity index (χ4v) is 2.69. The summed E-state index contributed by atoms with van der Waals surface area (Å²) < 4.78 is 6.87. The van der Waals surface area contributed by atoms with Gasteiger partial charge in [-0.25, -0.2) is 0 Å². The molecule has 3 nitrogen and oxygen atoms in total. The number of nitrogens with two attached hydrogens (primary N) is 1. The molecule has 1 fully saturated rings. The lowest BCUT2D eigenvalue weighted by Gasteiger charge is -2.26. The van der Waals surface area contributed by atoms with E-state index in [1.54, 1.807) is 0 Å². The third kappa shape index (κ3) is 4.35. The van der Waals surface area contributed by atoms with Gasteiger partial charge in [0.15, 0.2) is 0 Å². The lowest BCUT2D eigenvalue weighted by molar-refractivity contribution is 0.00524. The number of hydrogen-bond acceptors (Lipinski definition) is 3. The van der Waals surface area contributed by atoms with E-state index in [1.807, 2.05) is 0 Å². The van der Waals surface area contributed by atoms with Gasteiger partial charge in [0.25, 0.3) is 0 Å². The van der Waals surface area contributed by atoms with E-state index in [0.717, 1.165) is 23.9 Å². The molecule has 1 aromatic carbocycles. The van der Waals surface area contributed by atoms with E-state index in [4.69, 9.17) is 10.6 Å². The van der Waals surface area contributed by atoms with Crippen LogP contribution in [0.1, 0.15) is 31.2 Å². The van der Waals surface area contributed by atoms with Crippen LogP contribution in [-0.2, 0) is 11.2 Å². The predicted molar refractivity (Wildman–Crippen MR) is 77.2 cm³/mol. The van der Waals surface area contributed by atoms with Crippen molar-refractivity contribution in [2.24, 2.45) is 5.84 Å². The van der Waals surface area contributed by atoms with Crippen LogP contribution in [0.25, 0.3) is 0 Å². The molecule has 1 aliphatic rings. The van der Waals surface area contributed by atoms with Crippen molar-refractivity contribution in [3.8, 4) is 0 Å². The summed E-state index contributed by atoms with van der Waals surface area (Å²) in [6.07, 6.45) is 5.95. The van der Waals surface area contributed by atoms with Crippen LogP contribution in [0, 0.1) is 0 Å². The van der Waals surface area contributed by atoms with Crippen LogP contribution in [0.15, 0.2) is 28.7 Å². The minimum Gasteiger partial charge on any atom is -0.378 e. The Morgan fingerprint density at radius 3 is 2.72 bits per heavy atom. The van der Waals surface area contributed by atoms with Crippen LogP contribution in [0.5, 0.6) is 0 Å². The molecule has 2 rings (SSSR count). The molecule has 1 aliphatic heterocycles. The molecule has 18 heavy (non-hydrogen) atoms. The lowest BCUT2D eigenvalue weighted by atomic mass is 9.97. The number of ether oxygens (including phenoxy) is 1. The van der Waals surface area contributed by atoms with Crippen LogP contribution in [0.3, 0.4) is 0 Å². The molecule has 0 bridgehead atoms. The van der Waals surface area contributed by atoms with Gasteiger partial charge in [0.05, 0.1) is 6.10 Å². The fraction of sp³-hybridized carbons (Fsp3) is 0.571. The van der Waals surface area contributed by atoms with Gasteiger partial charge in [-0.15, -0.1) is 0 Å². The van der Waals surface area contributed by atoms with Crippen LogP contribution in [0.2, 0.25) is 0 Å². The van der Waals surface area contributed by atoms with E-state index in [0.29, 0.717) is 6.10 Å². The number of rotatable bonds is 5. The lowest BCUT2D eigenvalue weighted by Crippen LogP contribution is -2.40. The Balaban J connectivity index is 1.86. The van der Waals surface area contributed by atoms with Crippen molar-refractivity contribution in [2.75, 3.05) is 6.61 Å². The highest BCUT2D eigenvalue weighted by Gasteiger charge is 2.19. The monoisotopic (exact) mass is 312 g/mol. The zero-order valence-corrected chi connectivity index (χ0v) is 12.2. The highest BCUT2D eigenvalue weighted by molar-refractivity contribution is 9.10. The van der Waals surface area contributed by atoms with Gasteiger partial charge >= 0.3 is 0 Å². The molecular formula is C14H21BrN2O. The number of halogens is 1. The van der Waals surface area contributed by atoms with Gasteiger partial charge in [0.2, 0.25) is 0 Å². The Kier molecular flexibility index (Phi) is 5.63. The topological polar surface area (TPSA) is 47.3 Å². The molecule has 1 aromatic rings. The summed E-state index contributed by atoms with van der Waals surface area (Å²) in [6, 6.07) is 8.70. The summed E-state index contributed by atoms with van der Waals surface area (Å²) in [7, 11) is 0. The molecule has 100 valence electrons. The SMILES string of the molecule is NNC(Cc1ccc(Br)cc1)CC1CCCCO1. The van der Waals surface area contributed by atoms with E-state index in [2.05, 4.69) is 45.6 Å². The fourth-order valence-electron chi connectivity index (χ4n) is 2.43. The average molecular weight is 313 g/mol. The highest BCUT2D eigenvalue weighted by Crippen LogP contribution is 2.19. The maximum atomic E-state index is 5.76. The van der Waals surface area contributed by atoms with Crippen LogP contribution < -0.4 is 11.3 Å². The van der Waals surface area contributed by atoms with Crippen molar-refractivity contribution in [1.29, 1.82) is 0 Å². The molecule has 0 amide bonds. The number of hydrogen-bond donors (Lipinski definition) is 2. The molecular weight excluding hydrogens is 292 g/mol. The van der Waals surface area contributed by atoms with Gasteiger partial charge in [-0.1, -0.05) is 28.1 Å². The van der Waals surface area contributed by atoms with E-state index < -0.39 is 0 Å². The van der Waals surface area contributed by atoms with Crippen molar-refractivity contribution >= 4 is 15.9 Å². The molecule has 2 unspecified atom stereocenters. The summed E-state index contributed by atoms with van der Waals surface area (Å²) in [4.78, 5) is 0. The van der Waals surface area contributed by atoms with Crippen molar-refractivity contribution in [2.45, 2.75) is 44.2 Å². The van der Waals surface area contributed by atoms with E-state index >= 15 is 0 Å². The van der Waals surface area contributed by atoms with Gasteiger partial charge < -0.3 is 4.74 Å². The largest absolute Gasteiger partial charge is 0.378 e. The van der Waals surface area contributed by atoms with E-state index in [1.165, 1.54) is 24.8 Å². The maximum absolute atomic E-state index is 5.76. The first kappa shape index (κ1) is 14.0. The number of nitrogens with one attached hydrogen (secondary N) is 1. The molecule has 3 N–H and O–H groups in total. The molecule has 0 spiro atoms. The molecule has 4 heteroatoms. The summed E-state index contributed by atoms with van der Waals surface area (Å²) >= 11 is 3.45. The molecule has 1 heterocycles. The zero-order chi connectivity index (χ0) is 12.8. The van der Waals surface area contributed by atoms with Crippen molar-refractivity contribution in [1.82, 2.24) is 5.43 Å². The van der Waals surface area contributed by atoms with Crippen LogP contribution >= 0.6 is 15.9 Å². The summed E-state index contributed by atoms with van der Waals surface area (Å²) in [5, 5.41) is 0. The Hall–Kier alpha value is -0.420. The van der Waals surface area contributed by atoms with Gasteiger partial charge in [-0.05, 0) is 49.8 Å². The Morgan fingerprint density at radius 1 is 1.33 bits per heavy atom. The quantitative estimate of drug-likeness (QED) is 0.649. The first-order valence-electron chi connectivity index (χ1n) is 6.60. The minimum absolute atomic E-state index is 0.286. The third-order valence-corrected chi connectivity index (χ3v) is 3.98. The number of hydrazine groups is 1. The Labute approximate surface area is 117 Å². The van der Waals surface area contributed by atoms with Crippen molar-refractivity contribution in [3.63, 3.8) is 0 Å². The van der Waals surface area contributed by atoms with Gasteiger partial charge in [-0.3, -0.25) is 11.3 Å². The smallest absolute Gasteiger partial charge is 0.0590 e. The summed E-state index contributed by atoms with van der Waals surface area (Å²) in [5.41, 5.74) is 4.22. The van der Waals surface area contributed by atoms with E-state index in [9.17, 15) is 0 Å². The summed E-state index contributed by atoms with van der Waals surface area (Å²) in [5.74, 6) is 5.65. The molecule has 0 aliphatic carbocycles. The second-order valence-corrected chi connectivity index (χ2v) is 5.83. The minimum atomic E-state index is 0.286. The Bertz CT molecular complexity index is 349. The summed E-state index contributed by atoms with van der Waals surface area (Å²) in [6.45, 7) is 0.903. The second-order valence-electron chi connectivity index (χ2n) is 4.92. The normalized spacial score (nSPS) is 21.8. The second kappa shape index (κ2) is 7.24.